The minimum absolute atomic E-state index is 0.0593. The molecule has 0 bridgehead atoms. The Bertz CT molecular complexity index is 1290. The van der Waals surface area contributed by atoms with Gasteiger partial charge in [0.15, 0.2) is 0 Å². The summed E-state index contributed by atoms with van der Waals surface area (Å²) in [6, 6.07) is 20.1. The van der Waals surface area contributed by atoms with Crippen molar-refractivity contribution in [3.05, 3.63) is 82.6 Å². The maximum atomic E-state index is 15.1. The van der Waals surface area contributed by atoms with Crippen molar-refractivity contribution >= 4 is 23.2 Å². The van der Waals surface area contributed by atoms with Gasteiger partial charge in [-0.05, 0) is 42.8 Å². The lowest BCUT2D eigenvalue weighted by molar-refractivity contribution is 0.253. The monoisotopic (exact) mass is 500 g/mol. The minimum atomic E-state index is -0.530. The lowest BCUT2D eigenvalue weighted by Crippen LogP contribution is -2.12. The topological polar surface area (TPSA) is 45.5 Å². The third-order valence-corrected chi connectivity index (χ3v) is 5.78. The minimum Gasteiger partial charge on any atom is -0.497 e. The van der Waals surface area contributed by atoms with E-state index in [1.807, 2.05) is 30.3 Å². The molecule has 0 radical (unpaired) electrons. The maximum Gasteiger partial charge on any atom is 0.249 e. The van der Waals surface area contributed by atoms with Gasteiger partial charge in [-0.1, -0.05) is 59.6 Å². The number of methoxy groups -OCH3 is 1. The van der Waals surface area contributed by atoms with Gasteiger partial charge in [0, 0.05) is 16.1 Å². The zero-order chi connectivity index (χ0) is 24.1. The Morgan fingerprint density at radius 2 is 1.74 bits per heavy atom. The van der Waals surface area contributed by atoms with Gasteiger partial charge in [0.2, 0.25) is 11.7 Å². The summed E-state index contributed by atoms with van der Waals surface area (Å²) >= 11 is 12.7. The summed E-state index contributed by atoms with van der Waals surface area (Å²) in [5.74, 6) is 0.653. The van der Waals surface area contributed by atoms with E-state index in [9.17, 15) is 0 Å². The molecule has 0 fully saturated rings. The van der Waals surface area contributed by atoms with Crippen LogP contribution in [0.5, 0.6) is 17.4 Å². The van der Waals surface area contributed by atoms with Crippen LogP contribution in [0.3, 0.4) is 0 Å². The van der Waals surface area contributed by atoms with Crippen molar-refractivity contribution in [3.63, 3.8) is 0 Å². The van der Waals surface area contributed by atoms with E-state index >= 15 is 4.39 Å². The smallest absolute Gasteiger partial charge is 0.249 e. The molecule has 0 saturated carbocycles. The number of aromatic nitrogens is 2. The number of benzene rings is 3. The number of ether oxygens (including phenoxy) is 3. The molecule has 4 aromatic rings. The number of rotatable bonds is 9. The highest BCUT2D eigenvalue weighted by Gasteiger charge is 2.21. The standard InChI is InChI=1S/C26H23Cl2FN2O3/c1-3-33-26-24(29)25(18-7-6-8-19(15-18)32-2)30-31(26)13-14-34-23-12-11-17(16-22(23)28)20-9-4-5-10-21(20)27/h4-12,15-16H,3,13-14H2,1-2H3. The van der Waals surface area contributed by atoms with Crippen molar-refractivity contribution in [1.82, 2.24) is 9.78 Å². The predicted molar refractivity (Wildman–Crippen MR) is 133 cm³/mol. The van der Waals surface area contributed by atoms with E-state index in [1.165, 1.54) is 4.68 Å². The largest absolute Gasteiger partial charge is 0.497 e. The molecule has 0 aliphatic heterocycles. The molecule has 0 aliphatic rings. The van der Waals surface area contributed by atoms with Crippen LogP contribution in [0.25, 0.3) is 22.4 Å². The van der Waals surface area contributed by atoms with Gasteiger partial charge < -0.3 is 14.2 Å². The Balaban J connectivity index is 1.51. The highest BCUT2D eigenvalue weighted by molar-refractivity contribution is 6.34. The second kappa shape index (κ2) is 10.8. The molecule has 3 aromatic carbocycles. The second-order valence-electron chi connectivity index (χ2n) is 7.33. The number of hydrogen-bond donors (Lipinski definition) is 0. The molecule has 0 amide bonds. The second-order valence-corrected chi connectivity index (χ2v) is 8.14. The SMILES string of the molecule is CCOc1c(F)c(-c2cccc(OC)c2)nn1CCOc1ccc(-c2ccccc2Cl)cc1Cl. The van der Waals surface area contributed by atoms with Gasteiger partial charge in [-0.25, -0.2) is 4.68 Å². The third-order valence-electron chi connectivity index (χ3n) is 5.15. The van der Waals surface area contributed by atoms with Crippen molar-refractivity contribution in [2.24, 2.45) is 0 Å². The number of hydrogen-bond acceptors (Lipinski definition) is 4. The fourth-order valence-corrected chi connectivity index (χ4v) is 4.01. The van der Waals surface area contributed by atoms with Crippen LogP contribution >= 0.6 is 23.2 Å². The van der Waals surface area contributed by atoms with Crippen LogP contribution < -0.4 is 14.2 Å². The molecule has 8 heteroatoms. The molecule has 4 rings (SSSR count). The molecule has 0 spiro atoms. The van der Waals surface area contributed by atoms with E-state index < -0.39 is 5.82 Å². The first-order valence-corrected chi connectivity index (χ1v) is 11.5. The Morgan fingerprint density at radius 3 is 2.47 bits per heavy atom. The molecule has 1 heterocycles. The Kier molecular flexibility index (Phi) is 7.60. The van der Waals surface area contributed by atoms with Crippen molar-refractivity contribution in [3.8, 4) is 39.8 Å². The highest BCUT2D eigenvalue weighted by Crippen LogP contribution is 2.34. The van der Waals surface area contributed by atoms with E-state index in [4.69, 9.17) is 37.4 Å². The molecule has 0 N–H and O–H groups in total. The van der Waals surface area contributed by atoms with E-state index in [1.54, 1.807) is 50.4 Å². The molecule has 0 saturated heterocycles. The zero-order valence-electron chi connectivity index (χ0n) is 18.7. The van der Waals surface area contributed by atoms with Crippen LogP contribution in [-0.4, -0.2) is 30.1 Å². The average Bonchev–Trinajstić information content (AvgIpc) is 3.16. The van der Waals surface area contributed by atoms with Gasteiger partial charge in [-0.2, -0.15) is 9.49 Å². The zero-order valence-corrected chi connectivity index (χ0v) is 20.2. The quantitative estimate of drug-likeness (QED) is 0.244. The van der Waals surface area contributed by atoms with Gasteiger partial charge in [0.25, 0.3) is 0 Å². The summed E-state index contributed by atoms with van der Waals surface area (Å²) in [4.78, 5) is 0. The fraction of sp³-hybridized carbons (Fsp3) is 0.192. The Labute approximate surface area is 207 Å². The van der Waals surface area contributed by atoms with E-state index in [0.29, 0.717) is 33.7 Å². The lowest BCUT2D eigenvalue weighted by atomic mass is 10.1. The summed E-state index contributed by atoms with van der Waals surface area (Å²) in [5.41, 5.74) is 2.55. The van der Waals surface area contributed by atoms with E-state index in [0.717, 1.165) is 11.1 Å². The summed E-state index contributed by atoms with van der Waals surface area (Å²) in [5, 5.41) is 5.52. The van der Waals surface area contributed by atoms with Crippen LogP contribution in [0.2, 0.25) is 10.0 Å². The molecule has 0 atom stereocenters. The van der Waals surface area contributed by atoms with Gasteiger partial charge in [-0.15, -0.1) is 0 Å². The first-order valence-electron chi connectivity index (χ1n) is 10.7. The summed E-state index contributed by atoms with van der Waals surface area (Å²) in [6.07, 6.45) is 0. The van der Waals surface area contributed by atoms with Crippen molar-refractivity contribution < 1.29 is 18.6 Å². The van der Waals surface area contributed by atoms with Crippen LogP contribution in [0, 0.1) is 5.82 Å². The van der Waals surface area contributed by atoms with Gasteiger partial charge in [-0.3, -0.25) is 0 Å². The van der Waals surface area contributed by atoms with Crippen LogP contribution in [0.1, 0.15) is 6.92 Å². The predicted octanol–water partition coefficient (Wildman–Crippen LogP) is 7.15. The molecule has 5 nitrogen and oxygen atoms in total. The van der Waals surface area contributed by atoms with Gasteiger partial charge >= 0.3 is 0 Å². The van der Waals surface area contributed by atoms with E-state index in [-0.39, 0.29) is 24.7 Å². The maximum absolute atomic E-state index is 15.1. The normalized spacial score (nSPS) is 10.9. The third kappa shape index (κ3) is 5.13. The summed E-state index contributed by atoms with van der Waals surface area (Å²) in [6.45, 7) is 2.57. The highest BCUT2D eigenvalue weighted by atomic mass is 35.5. The van der Waals surface area contributed by atoms with Crippen LogP contribution in [0.4, 0.5) is 4.39 Å². The van der Waals surface area contributed by atoms with Crippen molar-refractivity contribution in [2.45, 2.75) is 13.5 Å². The molecule has 34 heavy (non-hydrogen) atoms. The fourth-order valence-electron chi connectivity index (χ4n) is 3.53. The van der Waals surface area contributed by atoms with Crippen molar-refractivity contribution in [2.75, 3.05) is 20.3 Å². The van der Waals surface area contributed by atoms with Gasteiger partial charge in [0.05, 0.1) is 25.3 Å². The first kappa shape index (κ1) is 23.9. The Hall–Kier alpha value is -3.22. The van der Waals surface area contributed by atoms with Crippen LogP contribution in [0.15, 0.2) is 66.7 Å². The van der Waals surface area contributed by atoms with Gasteiger partial charge in [0.1, 0.15) is 23.8 Å². The molecule has 1 aromatic heterocycles. The molecular formula is C26H23Cl2FN2O3. The Morgan fingerprint density at radius 1 is 0.912 bits per heavy atom. The molecule has 0 aliphatic carbocycles. The number of halogens is 3. The molecule has 0 unspecified atom stereocenters. The molecule has 176 valence electrons. The van der Waals surface area contributed by atoms with E-state index in [2.05, 4.69) is 5.10 Å². The first-order chi connectivity index (χ1) is 16.5. The number of nitrogens with zero attached hydrogens (tertiary/aromatic N) is 2. The average molecular weight is 501 g/mol. The lowest BCUT2D eigenvalue weighted by Gasteiger charge is -2.12. The van der Waals surface area contributed by atoms with Crippen molar-refractivity contribution in [1.29, 1.82) is 0 Å². The molecular weight excluding hydrogens is 478 g/mol. The summed E-state index contributed by atoms with van der Waals surface area (Å²) in [7, 11) is 1.56. The van der Waals surface area contributed by atoms with Crippen LogP contribution in [-0.2, 0) is 6.54 Å². The summed E-state index contributed by atoms with van der Waals surface area (Å²) < 4.78 is 33.2.